The zero-order valence-electron chi connectivity index (χ0n) is 12.5. The van der Waals surface area contributed by atoms with Gasteiger partial charge in [0.05, 0.1) is 11.9 Å². The van der Waals surface area contributed by atoms with Gasteiger partial charge in [-0.25, -0.2) is 9.97 Å². The fourth-order valence-corrected chi connectivity index (χ4v) is 3.71. The van der Waals surface area contributed by atoms with Gasteiger partial charge in [0.25, 0.3) is 0 Å². The summed E-state index contributed by atoms with van der Waals surface area (Å²) in [4.78, 5) is 23.9. The lowest BCUT2D eigenvalue weighted by atomic mass is 10.0. The second-order valence-corrected chi connectivity index (χ2v) is 6.39. The maximum atomic E-state index is 12.6. The highest BCUT2D eigenvalue weighted by Crippen LogP contribution is 2.27. The number of carbonyl (C=O) groups is 1. The molecule has 1 aliphatic heterocycles. The molecule has 0 unspecified atom stereocenters. The molecule has 3 heterocycles. The minimum atomic E-state index is 0.0686. The van der Waals surface area contributed by atoms with Crippen LogP contribution in [0.1, 0.15) is 12.0 Å². The third-order valence-corrected chi connectivity index (χ3v) is 4.90. The molecule has 0 atom stereocenters. The first-order chi connectivity index (χ1) is 11.3. The molecule has 0 aliphatic carbocycles. The lowest BCUT2D eigenvalue weighted by Crippen LogP contribution is -2.39. The van der Waals surface area contributed by atoms with E-state index in [1.54, 1.807) is 11.3 Å². The quantitative estimate of drug-likeness (QED) is 0.804. The van der Waals surface area contributed by atoms with Crippen molar-refractivity contribution >= 4 is 39.0 Å². The molecule has 4 rings (SSSR count). The maximum Gasteiger partial charge on any atom is 0.246 e. The summed E-state index contributed by atoms with van der Waals surface area (Å²) in [5, 5.41) is 6.11. The van der Waals surface area contributed by atoms with E-state index in [0.717, 1.165) is 41.1 Å². The summed E-state index contributed by atoms with van der Waals surface area (Å²) in [6.07, 6.45) is 3.57. The minimum Gasteiger partial charge on any atom is -0.360 e. The summed E-state index contributed by atoms with van der Waals surface area (Å²) < 4.78 is 0. The number of hydrogen-bond acceptors (Lipinski definition) is 5. The summed E-state index contributed by atoms with van der Waals surface area (Å²) in [6, 6.07) is 10.1. The summed E-state index contributed by atoms with van der Waals surface area (Å²) in [6.45, 7) is 1.01. The summed E-state index contributed by atoms with van der Waals surface area (Å²) in [7, 11) is 0. The van der Waals surface area contributed by atoms with Crippen molar-refractivity contribution in [3.8, 4) is 0 Å². The molecule has 2 aromatic heterocycles. The molecular weight excluding hydrogens is 308 g/mol. The number of thiophene rings is 1. The number of nitrogens with zero attached hydrogens (tertiary/aromatic N) is 3. The number of benzene rings is 1. The van der Waals surface area contributed by atoms with Crippen LogP contribution < -0.4 is 10.2 Å². The van der Waals surface area contributed by atoms with Crippen molar-refractivity contribution < 1.29 is 4.79 Å². The van der Waals surface area contributed by atoms with Crippen LogP contribution in [0.25, 0.3) is 10.2 Å². The van der Waals surface area contributed by atoms with Crippen LogP contribution in [0.3, 0.4) is 0 Å². The van der Waals surface area contributed by atoms with Gasteiger partial charge in [-0.15, -0.1) is 11.3 Å². The van der Waals surface area contributed by atoms with Crippen molar-refractivity contribution in [2.24, 2.45) is 0 Å². The van der Waals surface area contributed by atoms with Crippen LogP contribution in [0.2, 0.25) is 0 Å². The van der Waals surface area contributed by atoms with Crippen LogP contribution in [0.4, 0.5) is 11.5 Å². The average Bonchev–Trinajstić information content (AvgIpc) is 3.08. The largest absolute Gasteiger partial charge is 0.360 e. The van der Waals surface area contributed by atoms with E-state index in [-0.39, 0.29) is 12.5 Å². The predicted molar refractivity (Wildman–Crippen MR) is 93.0 cm³/mol. The zero-order valence-corrected chi connectivity index (χ0v) is 13.3. The molecule has 116 valence electrons. The van der Waals surface area contributed by atoms with E-state index < -0.39 is 0 Å². The average molecular weight is 324 g/mol. The Bertz CT molecular complexity index is 860. The zero-order chi connectivity index (χ0) is 15.6. The van der Waals surface area contributed by atoms with E-state index >= 15 is 0 Å². The van der Waals surface area contributed by atoms with Crippen molar-refractivity contribution in [3.63, 3.8) is 0 Å². The lowest BCUT2D eigenvalue weighted by molar-refractivity contribution is -0.117. The van der Waals surface area contributed by atoms with Crippen LogP contribution in [-0.4, -0.2) is 29.0 Å². The fourth-order valence-electron chi connectivity index (χ4n) is 2.98. The van der Waals surface area contributed by atoms with Gasteiger partial charge in [-0.2, -0.15) is 0 Å². The van der Waals surface area contributed by atoms with Gasteiger partial charge in [0.2, 0.25) is 5.91 Å². The molecule has 23 heavy (non-hydrogen) atoms. The number of aromatic nitrogens is 2. The van der Waals surface area contributed by atoms with Gasteiger partial charge < -0.3 is 10.2 Å². The molecule has 0 radical (unpaired) electrons. The van der Waals surface area contributed by atoms with Crippen LogP contribution in [0.15, 0.2) is 42.0 Å². The van der Waals surface area contributed by atoms with Crippen LogP contribution in [0, 0.1) is 0 Å². The van der Waals surface area contributed by atoms with Crippen molar-refractivity contribution in [2.45, 2.75) is 12.8 Å². The topological polar surface area (TPSA) is 58.1 Å². The van der Waals surface area contributed by atoms with Gasteiger partial charge >= 0.3 is 0 Å². The van der Waals surface area contributed by atoms with E-state index in [2.05, 4.69) is 21.4 Å². The number of amides is 1. The number of para-hydroxylation sites is 1. The van der Waals surface area contributed by atoms with Crippen molar-refractivity contribution in [1.82, 2.24) is 9.97 Å². The van der Waals surface area contributed by atoms with Gasteiger partial charge in [0, 0.05) is 12.2 Å². The molecule has 5 nitrogen and oxygen atoms in total. The molecule has 1 aliphatic rings. The number of fused-ring (bicyclic) bond motifs is 2. The van der Waals surface area contributed by atoms with E-state index in [0.29, 0.717) is 0 Å². The third-order valence-electron chi connectivity index (χ3n) is 4.08. The third kappa shape index (κ3) is 2.66. The molecule has 0 spiro atoms. The Morgan fingerprint density at radius 3 is 3.13 bits per heavy atom. The number of rotatable bonds is 3. The standard InChI is InChI=1S/C17H16N4OS/c22-15(21-8-3-5-12-4-1-2-6-14(12)21)10-18-16-13-7-9-23-17(13)20-11-19-16/h1-2,4,6-7,9,11H,3,5,8,10H2,(H,18,19,20). The van der Waals surface area contributed by atoms with E-state index in [1.807, 2.05) is 34.5 Å². The Balaban J connectivity index is 1.52. The first-order valence-electron chi connectivity index (χ1n) is 7.63. The van der Waals surface area contributed by atoms with Gasteiger partial charge in [0.1, 0.15) is 17.0 Å². The number of anilines is 2. The first-order valence-corrected chi connectivity index (χ1v) is 8.51. The molecule has 0 bridgehead atoms. The van der Waals surface area contributed by atoms with Crippen molar-refractivity contribution in [3.05, 3.63) is 47.6 Å². The van der Waals surface area contributed by atoms with E-state index in [1.165, 1.54) is 11.9 Å². The SMILES string of the molecule is O=C(CNc1ncnc2sccc12)N1CCCc2ccccc21. The van der Waals surface area contributed by atoms with Gasteiger partial charge in [-0.05, 0) is 35.9 Å². The number of hydrogen-bond donors (Lipinski definition) is 1. The summed E-state index contributed by atoms with van der Waals surface area (Å²) in [5.41, 5.74) is 2.28. The van der Waals surface area contributed by atoms with Crippen molar-refractivity contribution in [2.75, 3.05) is 23.3 Å². The number of aryl methyl sites for hydroxylation is 1. The predicted octanol–water partition coefficient (Wildman–Crippen LogP) is 3.08. The van der Waals surface area contributed by atoms with Crippen molar-refractivity contribution in [1.29, 1.82) is 0 Å². The Labute approximate surface area is 138 Å². The Morgan fingerprint density at radius 2 is 2.17 bits per heavy atom. The molecule has 6 heteroatoms. The van der Waals surface area contributed by atoms with Gasteiger partial charge in [-0.3, -0.25) is 4.79 Å². The molecule has 1 aromatic carbocycles. The number of carbonyl (C=O) groups excluding carboxylic acids is 1. The Hall–Kier alpha value is -2.47. The molecule has 1 N–H and O–H groups in total. The fraction of sp³-hybridized carbons (Fsp3) is 0.235. The van der Waals surface area contributed by atoms with Crippen LogP contribution in [0.5, 0.6) is 0 Å². The molecule has 0 saturated heterocycles. The van der Waals surface area contributed by atoms with Crippen LogP contribution in [-0.2, 0) is 11.2 Å². The van der Waals surface area contributed by atoms with Gasteiger partial charge in [0.15, 0.2) is 0 Å². The van der Waals surface area contributed by atoms with E-state index in [9.17, 15) is 4.79 Å². The molecule has 0 fully saturated rings. The normalized spacial score (nSPS) is 13.8. The molecule has 1 amide bonds. The highest BCUT2D eigenvalue weighted by Gasteiger charge is 2.22. The molecular formula is C17H16N4OS. The highest BCUT2D eigenvalue weighted by molar-refractivity contribution is 7.16. The number of nitrogens with one attached hydrogen (secondary N) is 1. The van der Waals surface area contributed by atoms with Gasteiger partial charge in [-0.1, -0.05) is 18.2 Å². The highest BCUT2D eigenvalue weighted by atomic mass is 32.1. The Morgan fingerprint density at radius 1 is 1.26 bits per heavy atom. The minimum absolute atomic E-state index is 0.0686. The first kappa shape index (κ1) is 14.1. The monoisotopic (exact) mass is 324 g/mol. The second-order valence-electron chi connectivity index (χ2n) is 5.49. The summed E-state index contributed by atoms with van der Waals surface area (Å²) in [5.74, 6) is 0.786. The van der Waals surface area contributed by atoms with Crippen LogP contribution >= 0.6 is 11.3 Å². The Kier molecular flexibility index (Phi) is 3.67. The van der Waals surface area contributed by atoms with E-state index in [4.69, 9.17) is 0 Å². The molecule has 0 saturated carbocycles. The molecule has 3 aromatic rings. The smallest absolute Gasteiger partial charge is 0.246 e. The summed E-state index contributed by atoms with van der Waals surface area (Å²) >= 11 is 1.57. The lowest BCUT2D eigenvalue weighted by Gasteiger charge is -2.29. The second kappa shape index (κ2) is 5.96. The maximum absolute atomic E-state index is 12.6.